The minimum Gasteiger partial charge on any atom is -0.228 e. The van der Waals surface area contributed by atoms with E-state index >= 15 is 0 Å². The van der Waals surface area contributed by atoms with Crippen LogP contribution in [0.3, 0.4) is 0 Å². The second-order valence-corrected chi connectivity index (χ2v) is 11.4. The van der Waals surface area contributed by atoms with Crippen LogP contribution in [0.15, 0.2) is 18.2 Å². The molecule has 0 aliphatic heterocycles. The third kappa shape index (κ3) is 5.95. The van der Waals surface area contributed by atoms with Crippen LogP contribution < -0.4 is 5.14 Å². The fraction of sp³-hybridized carbons (Fsp3) is 0.647. The summed E-state index contributed by atoms with van der Waals surface area (Å²) in [6, 6.07) is 0.394. The van der Waals surface area contributed by atoms with Gasteiger partial charge in [0.05, 0.1) is 0 Å². The molecule has 0 spiro atoms. The lowest BCUT2D eigenvalue weighted by Crippen LogP contribution is -2.52. The summed E-state index contributed by atoms with van der Waals surface area (Å²) in [4.78, 5) is 0. The number of nitrogens with two attached hydrogens (primary N) is 1. The topological polar surface area (TPSA) is 97.5 Å². The van der Waals surface area contributed by atoms with Crippen molar-refractivity contribution in [2.45, 2.75) is 61.0 Å². The number of primary sulfonamides is 1. The first kappa shape index (κ1) is 27.7. The van der Waals surface area contributed by atoms with E-state index in [0.717, 1.165) is 0 Å². The molecular weight excluding hydrogens is 512 g/mol. The lowest BCUT2D eigenvalue weighted by molar-refractivity contribution is -0.136. The number of sulfonamides is 2. The van der Waals surface area contributed by atoms with Crippen LogP contribution in [0.4, 0.5) is 35.1 Å². The zero-order valence-corrected chi connectivity index (χ0v) is 18.4. The molecule has 0 bridgehead atoms. The van der Waals surface area contributed by atoms with Crippen molar-refractivity contribution < 1.29 is 52.0 Å². The van der Waals surface area contributed by atoms with Gasteiger partial charge in [-0.25, -0.2) is 30.8 Å². The summed E-state index contributed by atoms with van der Waals surface area (Å²) in [6.45, 7) is -1.12. The van der Waals surface area contributed by atoms with Crippen molar-refractivity contribution in [2.75, 3.05) is 6.54 Å². The van der Waals surface area contributed by atoms with E-state index in [-0.39, 0.29) is 4.31 Å². The monoisotopic (exact) mass is 532 g/mol. The molecule has 16 heteroatoms. The van der Waals surface area contributed by atoms with Gasteiger partial charge in [0.2, 0.25) is 10.0 Å². The molecule has 190 valence electrons. The highest BCUT2D eigenvalue weighted by molar-refractivity contribution is 7.90. The molecule has 2 N–H and O–H groups in total. The maximum atomic E-state index is 14.4. The van der Waals surface area contributed by atoms with Gasteiger partial charge in [-0.2, -0.15) is 30.6 Å². The molecule has 1 fully saturated rings. The van der Waals surface area contributed by atoms with E-state index in [1.54, 1.807) is 0 Å². The van der Waals surface area contributed by atoms with Crippen LogP contribution in [0, 0.1) is 11.6 Å². The van der Waals surface area contributed by atoms with Gasteiger partial charge in [0.25, 0.3) is 0 Å². The largest absolute Gasteiger partial charge is 0.511 e. The maximum Gasteiger partial charge on any atom is 0.511 e. The number of hydrogen-bond acceptors (Lipinski definition) is 4. The van der Waals surface area contributed by atoms with E-state index in [9.17, 15) is 52.0 Å². The van der Waals surface area contributed by atoms with E-state index in [1.165, 1.54) is 0 Å². The molecule has 1 aromatic rings. The first-order valence-corrected chi connectivity index (χ1v) is 12.4. The van der Waals surface area contributed by atoms with Crippen LogP contribution in [0.1, 0.15) is 44.1 Å². The second kappa shape index (κ2) is 9.26. The Morgan fingerprint density at radius 3 is 2.00 bits per heavy atom. The quantitative estimate of drug-likeness (QED) is 0.539. The summed E-state index contributed by atoms with van der Waals surface area (Å²) in [5, 5.41) is 5.25. The van der Waals surface area contributed by atoms with Crippen molar-refractivity contribution in [3.05, 3.63) is 35.4 Å². The van der Waals surface area contributed by atoms with Crippen molar-refractivity contribution in [2.24, 2.45) is 5.14 Å². The number of alkyl halides is 6. The van der Waals surface area contributed by atoms with Crippen molar-refractivity contribution in [1.29, 1.82) is 0 Å². The molecule has 6 nitrogen and oxygen atoms in total. The average molecular weight is 532 g/mol. The van der Waals surface area contributed by atoms with E-state index in [0.29, 0.717) is 18.2 Å². The summed E-state index contributed by atoms with van der Waals surface area (Å²) < 4.78 is 151. The van der Waals surface area contributed by atoms with Gasteiger partial charge in [0.1, 0.15) is 16.4 Å². The first-order valence-electron chi connectivity index (χ1n) is 9.44. The van der Waals surface area contributed by atoms with Crippen molar-refractivity contribution in [3.63, 3.8) is 0 Å². The third-order valence-corrected chi connectivity index (χ3v) is 8.97. The smallest absolute Gasteiger partial charge is 0.228 e. The minimum atomic E-state index is -6.06. The highest BCUT2D eigenvalue weighted by atomic mass is 32.2. The zero-order chi connectivity index (χ0) is 25.5. The van der Waals surface area contributed by atoms with Gasteiger partial charge < -0.3 is 0 Å². The molecule has 33 heavy (non-hydrogen) atoms. The van der Waals surface area contributed by atoms with Gasteiger partial charge in [-0.15, -0.1) is 0 Å². The third-order valence-electron chi connectivity index (χ3n) is 5.57. The molecule has 0 saturated heterocycles. The Hall–Kier alpha value is -1.52. The Labute approximate surface area is 184 Å². The van der Waals surface area contributed by atoms with Gasteiger partial charge in [-0.05, 0) is 50.3 Å². The van der Waals surface area contributed by atoms with Gasteiger partial charge in [-0.3, -0.25) is 0 Å². The van der Waals surface area contributed by atoms with E-state index in [2.05, 4.69) is 0 Å². The second-order valence-electron chi connectivity index (χ2n) is 7.67. The highest BCUT2D eigenvalue weighted by Gasteiger charge is 2.55. The van der Waals surface area contributed by atoms with E-state index in [4.69, 9.17) is 5.14 Å². The molecular formula is C17H20F8N2O4S2. The van der Waals surface area contributed by atoms with Gasteiger partial charge in [0.15, 0.2) is 0 Å². The average Bonchev–Trinajstić information content (AvgIpc) is 2.64. The Kier molecular flexibility index (Phi) is 7.78. The van der Waals surface area contributed by atoms with Crippen molar-refractivity contribution in [3.8, 4) is 0 Å². The van der Waals surface area contributed by atoms with Crippen LogP contribution in [-0.2, 0) is 24.8 Å². The fourth-order valence-corrected chi connectivity index (χ4v) is 6.48. The number of halogens is 8. The van der Waals surface area contributed by atoms with Crippen molar-refractivity contribution in [1.82, 2.24) is 4.31 Å². The summed E-state index contributed by atoms with van der Waals surface area (Å²) >= 11 is 0. The lowest BCUT2D eigenvalue weighted by atomic mass is 9.80. The molecule has 1 saturated carbocycles. The number of nitrogens with zero attached hydrogens (tertiary/aromatic N) is 1. The Morgan fingerprint density at radius 1 is 1.00 bits per heavy atom. The van der Waals surface area contributed by atoms with Crippen LogP contribution >= 0.6 is 0 Å². The highest BCUT2D eigenvalue weighted by Crippen LogP contribution is 2.46. The molecule has 0 amide bonds. The Bertz CT molecular complexity index is 1060. The molecule has 0 radical (unpaired) electrons. The summed E-state index contributed by atoms with van der Waals surface area (Å²) in [6.07, 6.45) is -9.81. The van der Waals surface area contributed by atoms with Gasteiger partial charge >= 0.3 is 21.7 Å². The molecule has 0 unspecified atom stereocenters. The van der Waals surface area contributed by atoms with E-state index < -0.39 is 105 Å². The molecule has 0 atom stereocenters. The van der Waals surface area contributed by atoms with Gasteiger partial charge in [0, 0.05) is 24.6 Å². The first-order chi connectivity index (χ1) is 14.8. The predicted octanol–water partition coefficient (Wildman–Crippen LogP) is 3.89. The van der Waals surface area contributed by atoms with Crippen LogP contribution in [-0.4, -0.2) is 45.4 Å². The molecule has 0 heterocycles. The van der Waals surface area contributed by atoms with E-state index in [1.807, 2.05) is 0 Å². The van der Waals surface area contributed by atoms with Crippen molar-refractivity contribution >= 4 is 20.0 Å². The molecule has 1 aliphatic rings. The van der Waals surface area contributed by atoms with Crippen LogP contribution in [0.5, 0.6) is 0 Å². The zero-order valence-electron chi connectivity index (χ0n) is 16.8. The fourth-order valence-electron chi connectivity index (χ4n) is 3.98. The number of benzene rings is 1. The maximum absolute atomic E-state index is 14.4. The lowest BCUT2D eigenvalue weighted by Gasteiger charge is -2.42. The predicted molar refractivity (Wildman–Crippen MR) is 100 cm³/mol. The Balaban J connectivity index is 2.40. The van der Waals surface area contributed by atoms with Crippen LogP contribution in [0.2, 0.25) is 0 Å². The molecule has 2 rings (SSSR count). The Morgan fingerprint density at radius 2 is 1.55 bits per heavy atom. The summed E-state index contributed by atoms with van der Waals surface area (Å²) in [5.41, 5.74) is -6.47. The van der Waals surface area contributed by atoms with Gasteiger partial charge in [-0.1, -0.05) is 0 Å². The standard InChI is InChI=1S/C17H20F8N2O4S2/c18-11-2-3-14(19)13(10-11)15(32(26,28)29)7-4-12(5-8-15)27(9-1-6-16(20,21)22)33(30,31)17(23,24)25/h2-3,10,12H,1,4-9H2,(H2,26,28,29). The summed E-state index contributed by atoms with van der Waals surface area (Å²) in [5.74, 6) is -2.15. The minimum absolute atomic E-state index is 0.131. The molecule has 1 aromatic carbocycles. The normalized spacial score (nSPS) is 23.2. The molecule has 1 aliphatic carbocycles. The summed E-state index contributed by atoms with van der Waals surface area (Å²) in [7, 11) is -10.7. The van der Waals surface area contributed by atoms with Crippen LogP contribution in [0.25, 0.3) is 0 Å². The number of hydrogen-bond donors (Lipinski definition) is 1. The molecule has 0 aromatic heterocycles. The number of rotatable bonds is 7. The SMILES string of the molecule is NS(=O)(=O)C1(c2cc(F)ccc2F)CCC(N(CCCC(F)(F)F)S(=O)(=O)C(F)(F)F)CC1.